The fourth-order valence-electron chi connectivity index (χ4n) is 6.12. The Bertz CT molecular complexity index is 1770. The highest BCUT2D eigenvalue weighted by atomic mass is 16.5. The summed E-state index contributed by atoms with van der Waals surface area (Å²) in [6, 6.07) is 16.4. The molecule has 2 heterocycles. The number of rotatable bonds is 12. The number of fused-ring (bicyclic) bond motifs is 1. The quantitative estimate of drug-likeness (QED) is 0.127. The van der Waals surface area contributed by atoms with Crippen molar-refractivity contribution >= 4 is 39.9 Å². The molecule has 5 rings (SSSR count). The second kappa shape index (κ2) is 14.7. The van der Waals surface area contributed by atoms with Gasteiger partial charge < -0.3 is 34.5 Å². The molecule has 1 fully saturated rings. The van der Waals surface area contributed by atoms with Crippen molar-refractivity contribution in [1.29, 1.82) is 0 Å². The highest BCUT2D eigenvalue weighted by Crippen LogP contribution is 2.36. The van der Waals surface area contributed by atoms with Crippen molar-refractivity contribution in [1.82, 2.24) is 14.4 Å². The molecule has 0 unspecified atom stereocenters. The number of hydrogen-bond acceptors (Lipinski definition) is 7. The molecular weight excluding hydrogens is 594 g/mol. The molecule has 248 valence electrons. The number of nitrogen functional groups attached to an aromatic ring is 1. The van der Waals surface area contributed by atoms with Gasteiger partial charge in [0, 0.05) is 63.8 Å². The number of likely N-dealkylation sites (N-methyl/N-ethyl adjacent to an activating group) is 1. The number of hydrogen-bond donors (Lipinski definition) is 1. The molecule has 0 bridgehead atoms. The number of unbranched alkanes of at least 4 members (excludes halogenated alkanes) is 2. The van der Waals surface area contributed by atoms with Crippen LogP contribution in [0.5, 0.6) is 11.5 Å². The average Bonchev–Trinajstić information content (AvgIpc) is 3.46. The van der Waals surface area contributed by atoms with Crippen LogP contribution in [0, 0.1) is 6.92 Å². The Kier molecular flexibility index (Phi) is 10.5. The van der Waals surface area contributed by atoms with Crippen LogP contribution in [0.25, 0.3) is 10.9 Å². The summed E-state index contributed by atoms with van der Waals surface area (Å²) >= 11 is 0. The summed E-state index contributed by atoms with van der Waals surface area (Å²) in [6.45, 7) is 5.87. The lowest BCUT2D eigenvalue weighted by Gasteiger charge is -2.32. The maximum absolute atomic E-state index is 13.8. The standard InChI is InChI=1S/C37H45N5O5/c1-25-13-16-30(31(24-25)47-23-8-6-7-12-32(43)42-21-19-39(2)20-22-42)41(4)37(45)27-14-15-29(36(46-5)33(27)38)35(44)28-11-9-10-26-17-18-40(3)34(26)28/h9-11,13-18,24H,6-8,12,19-23,38H2,1-5H3. The van der Waals surface area contributed by atoms with Crippen molar-refractivity contribution < 1.29 is 23.9 Å². The van der Waals surface area contributed by atoms with E-state index in [1.807, 2.05) is 66.0 Å². The lowest BCUT2D eigenvalue weighted by molar-refractivity contribution is -0.132. The van der Waals surface area contributed by atoms with Crippen molar-refractivity contribution in [3.63, 3.8) is 0 Å². The molecule has 0 spiro atoms. The molecule has 0 radical (unpaired) electrons. The third kappa shape index (κ3) is 7.28. The molecule has 0 aliphatic carbocycles. The molecule has 10 heteroatoms. The molecule has 1 saturated heterocycles. The van der Waals surface area contributed by atoms with E-state index in [4.69, 9.17) is 15.2 Å². The van der Waals surface area contributed by atoms with Gasteiger partial charge in [-0.1, -0.05) is 18.2 Å². The fourth-order valence-corrected chi connectivity index (χ4v) is 6.12. The van der Waals surface area contributed by atoms with Gasteiger partial charge in [0.15, 0.2) is 11.5 Å². The van der Waals surface area contributed by atoms with Gasteiger partial charge in [-0.05, 0) is 75.2 Å². The number of methoxy groups -OCH3 is 1. The Morgan fingerprint density at radius 2 is 1.64 bits per heavy atom. The summed E-state index contributed by atoms with van der Waals surface area (Å²) in [5, 5.41) is 0.950. The van der Waals surface area contributed by atoms with E-state index in [2.05, 4.69) is 11.9 Å². The van der Waals surface area contributed by atoms with Gasteiger partial charge in [0.25, 0.3) is 5.91 Å². The van der Waals surface area contributed by atoms with Gasteiger partial charge in [-0.3, -0.25) is 14.4 Å². The maximum atomic E-state index is 13.8. The van der Waals surface area contributed by atoms with Crippen molar-refractivity contribution in [2.24, 2.45) is 7.05 Å². The minimum absolute atomic E-state index is 0.0926. The van der Waals surface area contributed by atoms with E-state index in [1.165, 1.54) is 12.0 Å². The van der Waals surface area contributed by atoms with Crippen molar-refractivity contribution in [2.75, 3.05) is 64.6 Å². The number of benzene rings is 3. The van der Waals surface area contributed by atoms with Crippen molar-refractivity contribution in [3.8, 4) is 11.5 Å². The largest absolute Gasteiger partial charge is 0.494 e. The molecular formula is C37H45N5O5. The van der Waals surface area contributed by atoms with Crippen LogP contribution < -0.4 is 20.1 Å². The number of piperazine rings is 1. The summed E-state index contributed by atoms with van der Waals surface area (Å²) in [5.74, 6) is 0.364. The number of ether oxygens (including phenoxy) is 2. The number of para-hydroxylation sites is 1. The summed E-state index contributed by atoms with van der Waals surface area (Å²) < 4.78 is 13.7. The normalized spacial score (nSPS) is 13.5. The van der Waals surface area contributed by atoms with Crippen molar-refractivity contribution in [3.05, 3.63) is 83.0 Å². The first-order valence-electron chi connectivity index (χ1n) is 16.1. The number of aryl methyl sites for hydroxylation is 2. The Labute approximate surface area is 276 Å². The highest BCUT2D eigenvalue weighted by Gasteiger charge is 2.26. The van der Waals surface area contributed by atoms with Crippen LogP contribution in [0.1, 0.15) is 57.5 Å². The van der Waals surface area contributed by atoms with Crippen LogP contribution in [0.4, 0.5) is 11.4 Å². The second-order valence-electron chi connectivity index (χ2n) is 12.3. The van der Waals surface area contributed by atoms with Gasteiger partial charge in [-0.25, -0.2) is 0 Å². The van der Waals surface area contributed by atoms with E-state index in [-0.39, 0.29) is 40.2 Å². The Hall–Kier alpha value is -4.83. The first-order chi connectivity index (χ1) is 22.6. The van der Waals surface area contributed by atoms with Gasteiger partial charge in [-0.2, -0.15) is 0 Å². The number of ketones is 1. The molecule has 2 amide bonds. The summed E-state index contributed by atoms with van der Waals surface area (Å²) in [7, 11) is 7.09. The molecule has 1 aliphatic heterocycles. The van der Waals surface area contributed by atoms with Crippen LogP contribution in [-0.2, 0) is 11.8 Å². The van der Waals surface area contributed by atoms with Gasteiger partial charge >= 0.3 is 0 Å². The number of carbonyl (C=O) groups excluding carboxylic acids is 3. The van der Waals surface area contributed by atoms with Crippen LogP contribution in [-0.4, -0.2) is 86.0 Å². The summed E-state index contributed by atoms with van der Waals surface area (Å²) in [5.41, 5.74) is 10.0. The highest BCUT2D eigenvalue weighted by molar-refractivity contribution is 6.19. The monoisotopic (exact) mass is 639 g/mol. The molecule has 0 atom stereocenters. The predicted octanol–water partition coefficient (Wildman–Crippen LogP) is 5.30. The number of anilines is 2. The fraction of sp³-hybridized carbons (Fsp3) is 0.378. The SMILES string of the molecule is COc1c(C(=O)c2cccc3ccn(C)c23)ccc(C(=O)N(C)c2ccc(C)cc2OCCCCCC(=O)N2CCN(C)CC2)c1N. The van der Waals surface area contributed by atoms with Crippen LogP contribution in [0.2, 0.25) is 0 Å². The van der Waals surface area contributed by atoms with Gasteiger partial charge in [-0.15, -0.1) is 0 Å². The smallest absolute Gasteiger partial charge is 0.260 e. The minimum Gasteiger partial charge on any atom is -0.494 e. The molecule has 4 aromatic rings. The van der Waals surface area contributed by atoms with Crippen LogP contribution >= 0.6 is 0 Å². The zero-order chi connectivity index (χ0) is 33.7. The van der Waals surface area contributed by atoms with E-state index in [1.54, 1.807) is 25.2 Å². The molecule has 0 saturated carbocycles. The molecule has 10 nitrogen and oxygen atoms in total. The zero-order valence-electron chi connectivity index (χ0n) is 28.0. The number of aromatic nitrogens is 1. The lowest BCUT2D eigenvalue weighted by atomic mass is 9.97. The molecule has 47 heavy (non-hydrogen) atoms. The minimum atomic E-state index is -0.361. The lowest BCUT2D eigenvalue weighted by Crippen LogP contribution is -2.47. The van der Waals surface area contributed by atoms with E-state index in [0.29, 0.717) is 30.0 Å². The number of carbonyl (C=O) groups is 3. The van der Waals surface area contributed by atoms with Gasteiger partial charge in [0.2, 0.25) is 5.91 Å². The number of nitrogens with two attached hydrogens (primary N) is 1. The predicted molar refractivity (Wildman–Crippen MR) is 186 cm³/mol. The molecule has 1 aromatic heterocycles. The van der Waals surface area contributed by atoms with Gasteiger partial charge in [0.05, 0.1) is 41.7 Å². The van der Waals surface area contributed by atoms with E-state index in [9.17, 15) is 14.4 Å². The van der Waals surface area contributed by atoms with E-state index >= 15 is 0 Å². The molecule has 2 N–H and O–H groups in total. The number of amides is 2. The van der Waals surface area contributed by atoms with Crippen LogP contribution in [0.3, 0.4) is 0 Å². The number of nitrogens with zero attached hydrogens (tertiary/aromatic N) is 4. The topological polar surface area (TPSA) is 110 Å². The molecule has 1 aliphatic rings. The van der Waals surface area contributed by atoms with E-state index in [0.717, 1.165) is 61.9 Å². The Morgan fingerprint density at radius 1 is 0.894 bits per heavy atom. The Balaban J connectivity index is 1.25. The zero-order valence-corrected chi connectivity index (χ0v) is 28.0. The first-order valence-corrected chi connectivity index (χ1v) is 16.1. The Morgan fingerprint density at radius 3 is 2.38 bits per heavy atom. The van der Waals surface area contributed by atoms with E-state index < -0.39 is 0 Å². The molecule has 3 aromatic carbocycles. The summed E-state index contributed by atoms with van der Waals surface area (Å²) in [6.07, 6.45) is 4.93. The average molecular weight is 640 g/mol. The first kappa shape index (κ1) is 33.5. The maximum Gasteiger partial charge on any atom is 0.260 e. The third-order valence-electron chi connectivity index (χ3n) is 8.95. The second-order valence-corrected chi connectivity index (χ2v) is 12.3. The van der Waals surface area contributed by atoms with Crippen molar-refractivity contribution in [2.45, 2.75) is 32.6 Å². The summed E-state index contributed by atoms with van der Waals surface area (Å²) in [4.78, 5) is 45.8. The van der Waals surface area contributed by atoms with Gasteiger partial charge in [0.1, 0.15) is 5.75 Å². The third-order valence-corrected chi connectivity index (χ3v) is 8.95. The van der Waals surface area contributed by atoms with Crippen LogP contribution in [0.15, 0.2) is 60.8 Å².